The van der Waals surface area contributed by atoms with Gasteiger partial charge in [0.25, 0.3) is 0 Å². The number of hydrogen-bond acceptors (Lipinski definition) is 0. The number of unbranched alkanes of at least 4 members (excludes halogenated alkanes) is 2. The highest BCUT2D eigenvalue weighted by molar-refractivity contribution is 6.39. The molecule has 1 aliphatic rings. The van der Waals surface area contributed by atoms with Crippen LogP contribution >= 0.6 is 0 Å². The molecule has 0 nitrogen and oxygen atoms in total. The summed E-state index contributed by atoms with van der Waals surface area (Å²) in [6.45, 7) is 18.9. The van der Waals surface area contributed by atoms with Gasteiger partial charge in [-0.1, -0.05) is 76.4 Å². The smallest absolute Gasteiger partial charge is 0.0821 e. The van der Waals surface area contributed by atoms with Crippen molar-refractivity contribution in [1.82, 2.24) is 0 Å². The van der Waals surface area contributed by atoms with Crippen molar-refractivity contribution in [2.45, 2.75) is 132 Å². The van der Waals surface area contributed by atoms with Crippen molar-refractivity contribution >= 4 is 48.2 Å². The summed E-state index contributed by atoms with van der Waals surface area (Å²) >= 11 is 0. The highest BCUT2D eigenvalue weighted by atomic mass is 14.3. The van der Waals surface area contributed by atoms with Gasteiger partial charge in [0.05, 0.1) is 0 Å². The minimum Gasteiger partial charge on any atom is -0.0821 e. The Hall–Kier alpha value is -2.47. The first kappa shape index (κ1) is 31.0. The maximum atomic E-state index is 2.69. The minimum absolute atomic E-state index is 1.11. The van der Waals surface area contributed by atoms with Crippen LogP contribution in [0, 0.1) is 13.8 Å². The molecule has 0 saturated heterocycles. The monoisotopic (exact) mass is 556 g/mol. The Labute approximate surface area is 258 Å². The van der Waals surface area contributed by atoms with Gasteiger partial charge in [-0.2, -0.15) is 0 Å². The fourth-order valence-corrected chi connectivity index (χ4v) is 8.64. The molecule has 0 bridgehead atoms. The lowest BCUT2D eigenvalue weighted by molar-refractivity contribution is 0.775. The van der Waals surface area contributed by atoms with Crippen molar-refractivity contribution in [1.29, 1.82) is 0 Å². The Kier molecular flexibility index (Phi) is 9.32. The zero-order chi connectivity index (χ0) is 30.3. The molecule has 42 heavy (non-hydrogen) atoms. The van der Waals surface area contributed by atoms with Crippen molar-refractivity contribution in [2.75, 3.05) is 0 Å². The third kappa shape index (κ3) is 4.86. The average Bonchev–Trinajstić information content (AvgIpc) is 3.01. The van der Waals surface area contributed by atoms with Crippen LogP contribution in [0.4, 0.5) is 0 Å². The molecule has 0 atom stereocenters. The van der Waals surface area contributed by atoms with Crippen molar-refractivity contribution < 1.29 is 0 Å². The molecule has 0 saturated carbocycles. The first-order valence-electron chi connectivity index (χ1n) is 17.4. The fourth-order valence-electron chi connectivity index (χ4n) is 8.64. The molecule has 1 aliphatic carbocycles. The summed E-state index contributed by atoms with van der Waals surface area (Å²) in [7, 11) is 4.78. The lowest BCUT2D eigenvalue weighted by Gasteiger charge is -2.32. The molecule has 4 aromatic carbocycles. The van der Waals surface area contributed by atoms with E-state index in [4.69, 9.17) is 0 Å². The molecule has 0 unspecified atom stereocenters. The van der Waals surface area contributed by atoms with Gasteiger partial charge in [-0.15, -0.1) is 0 Å². The molecule has 5 rings (SSSR count). The summed E-state index contributed by atoms with van der Waals surface area (Å²) in [5.74, 6) is 0. The van der Waals surface area contributed by atoms with Crippen molar-refractivity contribution in [3.8, 4) is 0 Å². The van der Waals surface area contributed by atoms with Crippen LogP contribution in [0.3, 0.4) is 0 Å². The van der Waals surface area contributed by atoms with Gasteiger partial charge in [-0.3, -0.25) is 0 Å². The normalized spacial score (nSPS) is 12.8. The van der Waals surface area contributed by atoms with Crippen LogP contribution in [0.15, 0.2) is 12.1 Å². The number of hydrogen-bond donors (Lipinski definition) is 0. The number of benzene rings is 4. The van der Waals surface area contributed by atoms with E-state index in [-0.39, 0.29) is 0 Å². The van der Waals surface area contributed by atoms with E-state index in [0.717, 1.165) is 38.5 Å². The molecule has 0 radical (unpaired) electrons. The van der Waals surface area contributed by atoms with E-state index >= 15 is 0 Å². The molecule has 220 valence electrons. The predicted molar refractivity (Wildman–Crippen MR) is 194 cm³/mol. The van der Waals surface area contributed by atoms with Crippen molar-refractivity contribution in [3.63, 3.8) is 0 Å². The summed E-state index contributed by atoms with van der Waals surface area (Å²) in [6.07, 6.45) is 14.1. The highest BCUT2D eigenvalue weighted by Crippen LogP contribution is 2.42. The number of fused-ring (bicyclic) bond motifs is 4. The molecule has 2 heteroatoms. The van der Waals surface area contributed by atoms with Gasteiger partial charge in [0.15, 0.2) is 0 Å². The van der Waals surface area contributed by atoms with Crippen LogP contribution in [-0.4, -0.2) is 15.7 Å². The van der Waals surface area contributed by atoms with E-state index in [9.17, 15) is 0 Å². The lowest BCUT2D eigenvalue weighted by Crippen LogP contribution is -2.32. The Bertz CT molecular complexity index is 1550. The maximum absolute atomic E-state index is 2.69. The highest BCUT2D eigenvalue weighted by Gasteiger charge is 2.28. The number of aryl methyl sites for hydroxylation is 4. The second-order valence-corrected chi connectivity index (χ2v) is 13.2. The van der Waals surface area contributed by atoms with Crippen LogP contribution < -0.4 is 10.9 Å². The largest absolute Gasteiger partial charge is 0.140 e. The van der Waals surface area contributed by atoms with Gasteiger partial charge in [-0.05, 0) is 167 Å². The van der Waals surface area contributed by atoms with Crippen LogP contribution in [0.25, 0.3) is 21.5 Å². The second-order valence-electron chi connectivity index (χ2n) is 13.2. The molecular weight excluding hydrogens is 502 g/mol. The maximum Gasteiger partial charge on any atom is 0.140 e. The van der Waals surface area contributed by atoms with E-state index in [1.54, 1.807) is 77.2 Å². The van der Waals surface area contributed by atoms with Gasteiger partial charge in [0.2, 0.25) is 0 Å². The van der Waals surface area contributed by atoms with Crippen LogP contribution in [0.5, 0.6) is 0 Å². The van der Waals surface area contributed by atoms with Gasteiger partial charge in [-0.25, -0.2) is 0 Å². The first-order valence-corrected chi connectivity index (χ1v) is 17.4. The van der Waals surface area contributed by atoms with Gasteiger partial charge >= 0.3 is 0 Å². The third-order valence-corrected chi connectivity index (χ3v) is 11.3. The second kappa shape index (κ2) is 12.6. The molecular formula is C40H54B2. The molecule has 0 fully saturated rings. The topological polar surface area (TPSA) is 0 Å². The molecule has 0 spiro atoms. The molecule has 4 aromatic rings. The van der Waals surface area contributed by atoms with E-state index in [2.05, 4.69) is 83.2 Å². The summed E-state index contributed by atoms with van der Waals surface area (Å²) < 4.78 is 0. The SMILES string of the molecule is Bc1c(C)c(C)c(B)c2c1Cc1c(c(CCCC)c3cc4c(CC)c(CC)c(CC)c(CC)c4cc3c1CCCC)C2. The first-order chi connectivity index (χ1) is 20.3. The van der Waals surface area contributed by atoms with E-state index in [1.165, 1.54) is 60.6 Å². The third-order valence-electron chi connectivity index (χ3n) is 11.3. The average molecular weight is 556 g/mol. The van der Waals surface area contributed by atoms with Crippen molar-refractivity contribution in [2.24, 2.45) is 0 Å². The van der Waals surface area contributed by atoms with Crippen LogP contribution in [0.1, 0.15) is 134 Å². The summed E-state index contributed by atoms with van der Waals surface area (Å²) in [5, 5.41) is 6.24. The van der Waals surface area contributed by atoms with E-state index in [1.807, 2.05) is 0 Å². The summed E-state index contributed by atoms with van der Waals surface area (Å²) in [5.41, 5.74) is 22.5. The van der Waals surface area contributed by atoms with Gasteiger partial charge in [0, 0.05) is 0 Å². The molecule has 0 aromatic heterocycles. The molecule has 0 heterocycles. The predicted octanol–water partition coefficient (Wildman–Crippen LogP) is 7.56. The Balaban J connectivity index is 1.95. The Morgan fingerprint density at radius 2 is 0.810 bits per heavy atom. The minimum atomic E-state index is 1.11. The fraction of sp³-hybridized carbons (Fsp3) is 0.500. The number of rotatable bonds is 10. The van der Waals surface area contributed by atoms with Gasteiger partial charge in [0.1, 0.15) is 15.7 Å². The quantitative estimate of drug-likeness (QED) is 0.123. The summed E-state index contributed by atoms with van der Waals surface area (Å²) in [6, 6.07) is 5.38. The van der Waals surface area contributed by atoms with Crippen molar-refractivity contribution in [3.05, 3.63) is 78.9 Å². The zero-order valence-electron chi connectivity index (χ0n) is 28.6. The standard InChI is InChI=1S/C40H54B2/c1-9-15-17-29-33-19-31-27(13-5)25(11-3)26(12-4)28(14-6)32(31)20-34(33)30(18-16-10-2)36-22-38-37(21-35(29)36)39(41)23(7)24(8)40(38)42/h19-20H,9-18,21-22,41-42H2,1-8H3. The van der Waals surface area contributed by atoms with E-state index in [0.29, 0.717) is 0 Å². The Morgan fingerprint density at radius 3 is 1.12 bits per heavy atom. The molecule has 0 aliphatic heterocycles. The molecule has 0 amide bonds. The van der Waals surface area contributed by atoms with Gasteiger partial charge < -0.3 is 0 Å². The van der Waals surface area contributed by atoms with E-state index < -0.39 is 0 Å². The lowest BCUT2D eigenvalue weighted by atomic mass is 9.67. The van der Waals surface area contributed by atoms with Crippen LogP contribution in [-0.2, 0) is 51.4 Å². The molecule has 0 N–H and O–H groups in total. The zero-order valence-corrected chi connectivity index (χ0v) is 28.6. The van der Waals surface area contributed by atoms with Crippen LogP contribution in [0.2, 0.25) is 0 Å². The summed E-state index contributed by atoms with van der Waals surface area (Å²) in [4.78, 5) is 0. The Morgan fingerprint density at radius 1 is 0.476 bits per heavy atom.